The number of aromatic nitrogens is 1. The molecular weight excluding hydrogens is 234 g/mol. The van der Waals surface area contributed by atoms with E-state index in [1.54, 1.807) is 25.2 Å². The molecule has 0 aliphatic rings. The van der Waals surface area contributed by atoms with Gasteiger partial charge in [-0.3, -0.25) is 4.79 Å². The van der Waals surface area contributed by atoms with Gasteiger partial charge in [0.05, 0.1) is 16.1 Å². The Labute approximate surface area is 107 Å². The zero-order valence-electron chi connectivity index (χ0n) is 11.2. The summed E-state index contributed by atoms with van der Waals surface area (Å²) in [4.78, 5) is 16.7. The number of rotatable bonds is 5. The molecule has 0 radical (unpaired) electrons. The van der Waals surface area contributed by atoms with Gasteiger partial charge in [-0.25, -0.2) is 4.98 Å². The van der Waals surface area contributed by atoms with Crippen LogP contribution < -0.4 is 0 Å². The van der Waals surface area contributed by atoms with E-state index >= 15 is 0 Å². The molecule has 0 spiro atoms. The van der Waals surface area contributed by atoms with E-state index in [0.29, 0.717) is 12.3 Å². The van der Waals surface area contributed by atoms with Gasteiger partial charge >= 0.3 is 5.97 Å². The molecule has 0 aromatic carbocycles. The molecule has 4 heteroatoms. The molecule has 1 N–H and O–H groups in total. The Bertz CT molecular complexity index is 408. The summed E-state index contributed by atoms with van der Waals surface area (Å²) in [5.41, 5.74) is 0.270. The average Bonchev–Trinajstić information content (AvgIpc) is 2.44. The lowest BCUT2D eigenvalue weighted by Gasteiger charge is -2.17. The van der Waals surface area contributed by atoms with Crippen LogP contribution >= 0.6 is 11.3 Å². The van der Waals surface area contributed by atoms with Gasteiger partial charge in [-0.15, -0.1) is 11.3 Å². The monoisotopic (exact) mass is 255 g/mol. The van der Waals surface area contributed by atoms with Crippen molar-refractivity contribution < 1.29 is 9.90 Å². The van der Waals surface area contributed by atoms with E-state index in [-0.39, 0.29) is 0 Å². The molecule has 17 heavy (non-hydrogen) atoms. The molecular formula is C13H21NO2S. The standard InChI is InChI=1S/C13H21NO2S/c1-8(2)6-11-14-9(3)10(17-11)7-13(4,5)12(15)16/h8H,6-7H2,1-5H3,(H,15,16). The SMILES string of the molecule is Cc1nc(CC(C)C)sc1CC(C)(C)C(=O)O. The number of aliphatic carboxylic acids is 1. The first kappa shape index (κ1) is 14.2. The second-order valence-corrected chi connectivity index (χ2v) is 6.75. The normalized spacial score (nSPS) is 12.1. The van der Waals surface area contributed by atoms with Crippen LogP contribution in [0.3, 0.4) is 0 Å². The van der Waals surface area contributed by atoms with Crippen molar-refractivity contribution in [3.8, 4) is 0 Å². The quantitative estimate of drug-likeness (QED) is 0.878. The van der Waals surface area contributed by atoms with E-state index in [0.717, 1.165) is 22.0 Å². The molecule has 1 aromatic heterocycles. The van der Waals surface area contributed by atoms with Gasteiger partial charge in [-0.1, -0.05) is 13.8 Å². The number of carboxylic acid groups (broad SMARTS) is 1. The summed E-state index contributed by atoms with van der Waals surface area (Å²) in [5, 5.41) is 10.2. The predicted molar refractivity (Wildman–Crippen MR) is 70.5 cm³/mol. The van der Waals surface area contributed by atoms with E-state index < -0.39 is 11.4 Å². The molecule has 96 valence electrons. The van der Waals surface area contributed by atoms with Gasteiger partial charge in [0, 0.05) is 11.3 Å². The zero-order valence-corrected chi connectivity index (χ0v) is 12.0. The summed E-state index contributed by atoms with van der Waals surface area (Å²) in [6.45, 7) is 9.82. The number of carboxylic acids is 1. The Kier molecular flexibility index (Phi) is 4.31. The van der Waals surface area contributed by atoms with E-state index in [4.69, 9.17) is 5.11 Å². The Morgan fingerprint density at radius 1 is 1.47 bits per heavy atom. The number of thiazole rings is 1. The second kappa shape index (κ2) is 5.17. The van der Waals surface area contributed by atoms with Crippen molar-refractivity contribution >= 4 is 17.3 Å². The van der Waals surface area contributed by atoms with Crippen LogP contribution in [-0.2, 0) is 17.6 Å². The molecule has 0 aliphatic heterocycles. The van der Waals surface area contributed by atoms with Crippen LogP contribution in [-0.4, -0.2) is 16.1 Å². The fourth-order valence-corrected chi connectivity index (χ4v) is 3.08. The first-order valence-corrected chi connectivity index (χ1v) is 6.72. The van der Waals surface area contributed by atoms with Crippen molar-refractivity contribution in [2.45, 2.75) is 47.5 Å². The van der Waals surface area contributed by atoms with Crippen LogP contribution in [0.1, 0.15) is 43.3 Å². The highest BCUT2D eigenvalue weighted by molar-refractivity contribution is 7.11. The number of aryl methyl sites for hydroxylation is 1. The lowest BCUT2D eigenvalue weighted by molar-refractivity contribution is -0.146. The lowest BCUT2D eigenvalue weighted by Crippen LogP contribution is -2.26. The Morgan fingerprint density at radius 2 is 2.06 bits per heavy atom. The molecule has 0 saturated carbocycles. The molecule has 0 aliphatic carbocycles. The first-order valence-electron chi connectivity index (χ1n) is 5.91. The highest BCUT2D eigenvalue weighted by atomic mass is 32.1. The predicted octanol–water partition coefficient (Wildman–Crippen LogP) is 3.30. The van der Waals surface area contributed by atoms with Gasteiger partial charge in [-0.05, 0) is 33.1 Å². The number of nitrogens with zero attached hydrogens (tertiary/aromatic N) is 1. The van der Waals surface area contributed by atoms with Gasteiger partial charge in [-0.2, -0.15) is 0 Å². The third kappa shape index (κ3) is 3.80. The maximum absolute atomic E-state index is 11.1. The minimum Gasteiger partial charge on any atom is -0.481 e. The highest BCUT2D eigenvalue weighted by Crippen LogP contribution is 2.29. The molecule has 1 heterocycles. The second-order valence-electron chi connectivity index (χ2n) is 5.58. The van der Waals surface area contributed by atoms with Crippen molar-refractivity contribution in [3.05, 3.63) is 15.6 Å². The van der Waals surface area contributed by atoms with Gasteiger partial charge < -0.3 is 5.11 Å². The summed E-state index contributed by atoms with van der Waals surface area (Å²) in [7, 11) is 0. The molecule has 0 atom stereocenters. The van der Waals surface area contributed by atoms with Gasteiger partial charge in [0.1, 0.15) is 0 Å². The molecule has 0 amide bonds. The topological polar surface area (TPSA) is 50.2 Å². The smallest absolute Gasteiger partial charge is 0.309 e. The summed E-state index contributed by atoms with van der Waals surface area (Å²) in [6.07, 6.45) is 1.53. The van der Waals surface area contributed by atoms with Crippen LogP contribution in [0.25, 0.3) is 0 Å². The zero-order chi connectivity index (χ0) is 13.2. The van der Waals surface area contributed by atoms with E-state index in [2.05, 4.69) is 18.8 Å². The van der Waals surface area contributed by atoms with Crippen molar-refractivity contribution in [1.82, 2.24) is 4.98 Å². The fourth-order valence-electron chi connectivity index (χ4n) is 1.57. The van der Waals surface area contributed by atoms with Crippen LogP contribution in [0.4, 0.5) is 0 Å². The number of carbonyl (C=O) groups is 1. The largest absolute Gasteiger partial charge is 0.481 e. The molecule has 0 unspecified atom stereocenters. The molecule has 0 bridgehead atoms. The molecule has 1 aromatic rings. The van der Waals surface area contributed by atoms with E-state index in [1.165, 1.54) is 0 Å². The summed E-state index contributed by atoms with van der Waals surface area (Å²) < 4.78 is 0. The van der Waals surface area contributed by atoms with Crippen LogP contribution in [0.15, 0.2) is 0 Å². The highest BCUT2D eigenvalue weighted by Gasteiger charge is 2.29. The Hall–Kier alpha value is -0.900. The van der Waals surface area contributed by atoms with E-state index in [9.17, 15) is 4.79 Å². The number of hydrogen-bond acceptors (Lipinski definition) is 3. The lowest BCUT2D eigenvalue weighted by atomic mass is 9.88. The summed E-state index contributed by atoms with van der Waals surface area (Å²) in [6, 6.07) is 0. The molecule has 1 rings (SSSR count). The summed E-state index contributed by atoms with van der Waals surface area (Å²) in [5.74, 6) is -0.170. The van der Waals surface area contributed by atoms with E-state index in [1.807, 2.05) is 6.92 Å². The average molecular weight is 255 g/mol. The third-order valence-corrected chi connectivity index (χ3v) is 3.88. The van der Waals surface area contributed by atoms with Crippen LogP contribution in [0.5, 0.6) is 0 Å². The Balaban J connectivity index is 2.85. The molecule has 0 saturated heterocycles. The Morgan fingerprint density at radius 3 is 2.53 bits per heavy atom. The maximum atomic E-state index is 11.1. The first-order chi connectivity index (χ1) is 7.72. The number of hydrogen-bond donors (Lipinski definition) is 1. The minimum absolute atomic E-state index is 0.559. The summed E-state index contributed by atoms with van der Waals surface area (Å²) >= 11 is 1.66. The van der Waals surface area contributed by atoms with Gasteiger partial charge in [0.25, 0.3) is 0 Å². The maximum Gasteiger partial charge on any atom is 0.309 e. The fraction of sp³-hybridized carbons (Fsp3) is 0.692. The van der Waals surface area contributed by atoms with Crippen molar-refractivity contribution in [3.63, 3.8) is 0 Å². The third-order valence-electron chi connectivity index (χ3n) is 2.70. The van der Waals surface area contributed by atoms with Gasteiger partial charge in [0.2, 0.25) is 0 Å². The molecule has 0 fully saturated rings. The minimum atomic E-state index is -0.754. The van der Waals surface area contributed by atoms with Crippen molar-refractivity contribution in [1.29, 1.82) is 0 Å². The van der Waals surface area contributed by atoms with Crippen LogP contribution in [0, 0.1) is 18.3 Å². The molecule has 3 nitrogen and oxygen atoms in total. The van der Waals surface area contributed by atoms with Crippen LogP contribution in [0.2, 0.25) is 0 Å². The van der Waals surface area contributed by atoms with Crippen molar-refractivity contribution in [2.24, 2.45) is 11.3 Å². The van der Waals surface area contributed by atoms with Crippen molar-refractivity contribution in [2.75, 3.05) is 0 Å². The van der Waals surface area contributed by atoms with Gasteiger partial charge in [0.15, 0.2) is 0 Å².